The Hall–Kier alpha value is -2.17. The molecule has 5 nitrogen and oxygen atoms in total. The third-order valence-corrected chi connectivity index (χ3v) is 2.01. The second-order valence-corrected chi connectivity index (χ2v) is 3.02. The second kappa shape index (κ2) is 3.91. The van der Waals surface area contributed by atoms with Crippen molar-refractivity contribution >= 4 is 5.88 Å². The molecule has 0 saturated heterocycles. The number of hydrogen-bond donors (Lipinski definition) is 0. The largest absolute Gasteiger partial charge is 0.336 e. The van der Waals surface area contributed by atoms with Crippen molar-refractivity contribution in [3.05, 3.63) is 41.3 Å². The van der Waals surface area contributed by atoms with Gasteiger partial charge in [-0.25, -0.2) is 0 Å². The van der Waals surface area contributed by atoms with Gasteiger partial charge in [-0.2, -0.15) is 5.01 Å². The average molecular weight is 203 g/mol. The molecule has 0 saturated carbocycles. The zero-order valence-electron chi connectivity index (χ0n) is 8.12. The van der Waals surface area contributed by atoms with Crippen LogP contribution in [0.5, 0.6) is 0 Å². The van der Waals surface area contributed by atoms with E-state index in [9.17, 15) is 4.91 Å². The van der Waals surface area contributed by atoms with Crippen LogP contribution >= 0.6 is 0 Å². The maximum atomic E-state index is 10.2. The fraction of sp³-hybridized carbons (Fsp3) is 0.100. The van der Waals surface area contributed by atoms with Crippen LogP contribution in [0.4, 0.5) is 5.88 Å². The van der Waals surface area contributed by atoms with Crippen molar-refractivity contribution in [2.45, 2.75) is 0 Å². The van der Waals surface area contributed by atoms with E-state index >= 15 is 0 Å². The van der Waals surface area contributed by atoms with Crippen molar-refractivity contribution in [2.75, 3.05) is 12.1 Å². The van der Waals surface area contributed by atoms with Gasteiger partial charge in [-0.3, -0.25) is 0 Å². The first-order valence-corrected chi connectivity index (χ1v) is 4.40. The summed E-state index contributed by atoms with van der Waals surface area (Å²) in [4.78, 5) is 10.2. The van der Waals surface area contributed by atoms with Crippen LogP contribution in [-0.2, 0) is 0 Å². The van der Waals surface area contributed by atoms with Crippen LogP contribution in [0.2, 0.25) is 0 Å². The minimum Gasteiger partial charge on any atom is -0.336 e. The smallest absolute Gasteiger partial charge is 0.250 e. The summed E-state index contributed by atoms with van der Waals surface area (Å²) in [5.41, 5.74) is 1.62. The Morgan fingerprint density at radius 1 is 1.33 bits per heavy atom. The minimum absolute atomic E-state index is 0.323. The SMILES string of the molecule is CN(N=O)c1cc(-c2ccccc2)no1. The molecule has 2 aromatic rings. The van der Waals surface area contributed by atoms with Gasteiger partial charge in [-0.1, -0.05) is 35.5 Å². The van der Waals surface area contributed by atoms with Gasteiger partial charge >= 0.3 is 0 Å². The molecule has 1 aromatic carbocycles. The topological polar surface area (TPSA) is 58.7 Å². The lowest BCUT2D eigenvalue weighted by Gasteiger charge is -1.99. The molecule has 2 rings (SSSR count). The number of anilines is 1. The van der Waals surface area contributed by atoms with Crippen molar-refractivity contribution in [1.29, 1.82) is 0 Å². The molecule has 1 aromatic heterocycles. The normalized spacial score (nSPS) is 9.93. The Morgan fingerprint density at radius 3 is 2.73 bits per heavy atom. The van der Waals surface area contributed by atoms with Crippen LogP contribution in [0.3, 0.4) is 0 Å². The first-order chi connectivity index (χ1) is 7.31. The summed E-state index contributed by atoms with van der Waals surface area (Å²) in [5.74, 6) is 0.323. The van der Waals surface area contributed by atoms with Crippen molar-refractivity contribution in [3.8, 4) is 11.3 Å². The molecule has 0 aliphatic carbocycles. The lowest BCUT2D eigenvalue weighted by Crippen LogP contribution is -2.04. The third kappa shape index (κ3) is 1.85. The standard InChI is InChI=1S/C10H9N3O2/c1-13(12-14)10-7-9(11-15-10)8-5-3-2-4-6-8/h2-7H,1H3. The van der Waals surface area contributed by atoms with Gasteiger partial charge in [-0.15, -0.1) is 4.91 Å². The predicted octanol–water partition coefficient (Wildman–Crippen LogP) is 2.46. The monoisotopic (exact) mass is 203 g/mol. The fourth-order valence-electron chi connectivity index (χ4n) is 1.20. The highest BCUT2D eigenvalue weighted by atomic mass is 16.5. The van der Waals surface area contributed by atoms with E-state index in [2.05, 4.69) is 10.4 Å². The molecule has 0 bridgehead atoms. The Morgan fingerprint density at radius 2 is 2.07 bits per heavy atom. The van der Waals surface area contributed by atoms with Gasteiger partial charge in [0.2, 0.25) is 5.88 Å². The molecule has 0 fully saturated rings. The number of nitroso groups, excluding NO2 is 1. The lowest BCUT2D eigenvalue weighted by molar-refractivity contribution is 0.423. The first-order valence-electron chi connectivity index (χ1n) is 4.40. The Bertz CT molecular complexity index is 453. The summed E-state index contributed by atoms with van der Waals surface area (Å²) in [6.45, 7) is 0. The molecule has 0 unspecified atom stereocenters. The average Bonchev–Trinajstić information content (AvgIpc) is 2.78. The zero-order valence-corrected chi connectivity index (χ0v) is 8.12. The van der Waals surface area contributed by atoms with E-state index in [4.69, 9.17) is 4.52 Å². The summed E-state index contributed by atoms with van der Waals surface area (Å²) in [5, 5.41) is 7.64. The molecule has 0 aliphatic rings. The Kier molecular flexibility index (Phi) is 2.45. The Labute approximate surface area is 86.2 Å². The molecule has 0 radical (unpaired) electrons. The van der Waals surface area contributed by atoms with Gasteiger partial charge in [0, 0.05) is 18.7 Å². The molecule has 5 heteroatoms. The molecule has 1 heterocycles. The highest BCUT2D eigenvalue weighted by Gasteiger charge is 2.09. The van der Waals surface area contributed by atoms with E-state index < -0.39 is 0 Å². The predicted molar refractivity (Wildman–Crippen MR) is 56.1 cm³/mol. The van der Waals surface area contributed by atoms with Gasteiger partial charge in [0.15, 0.2) is 0 Å². The minimum atomic E-state index is 0.323. The van der Waals surface area contributed by atoms with Crippen LogP contribution in [0.25, 0.3) is 11.3 Å². The summed E-state index contributed by atoms with van der Waals surface area (Å²) in [6.07, 6.45) is 0. The summed E-state index contributed by atoms with van der Waals surface area (Å²) in [6, 6.07) is 11.2. The number of rotatable bonds is 3. The summed E-state index contributed by atoms with van der Waals surface area (Å²) < 4.78 is 4.95. The maximum Gasteiger partial charge on any atom is 0.250 e. The number of aromatic nitrogens is 1. The van der Waals surface area contributed by atoms with E-state index in [-0.39, 0.29) is 0 Å². The lowest BCUT2D eigenvalue weighted by atomic mass is 10.2. The Balaban J connectivity index is 2.32. The van der Waals surface area contributed by atoms with Gasteiger partial charge in [0.1, 0.15) is 5.69 Å². The third-order valence-electron chi connectivity index (χ3n) is 2.01. The van der Waals surface area contributed by atoms with Gasteiger partial charge in [0.25, 0.3) is 0 Å². The number of benzene rings is 1. The molecular weight excluding hydrogens is 194 g/mol. The molecule has 0 aliphatic heterocycles. The molecule has 0 atom stereocenters. The van der Waals surface area contributed by atoms with Gasteiger partial charge in [-0.05, 0) is 0 Å². The van der Waals surface area contributed by atoms with Crippen molar-refractivity contribution in [2.24, 2.45) is 5.29 Å². The molecule has 15 heavy (non-hydrogen) atoms. The summed E-state index contributed by atoms with van der Waals surface area (Å²) >= 11 is 0. The first kappa shape index (κ1) is 9.39. The van der Waals surface area contributed by atoms with Crippen LogP contribution in [0, 0.1) is 4.91 Å². The van der Waals surface area contributed by atoms with Gasteiger partial charge < -0.3 is 4.52 Å². The molecule has 76 valence electrons. The van der Waals surface area contributed by atoms with E-state index in [1.165, 1.54) is 7.05 Å². The maximum absolute atomic E-state index is 10.2. The summed E-state index contributed by atoms with van der Waals surface area (Å²) in [7, 11) is 1.50. The molecule has 0 amide bonds. The highest BCUT2D eigenvalue weighted by Crippen LogP contribution is 2.23. The fourth-order valence-corrected chi connectivity index (χ4v) is 1.20. The number of hydrogen-bond acceptors (Lipinski definition) is 4. The van der Waals surface area contributed by atoms with Crippen LogP contribution < -0.4 is 5.01 Å². The van der Waals surface area contributed by atoms with E-state index in [0.29, 0.717) is 11.6 Å². The number of nitrogens with zero attached hydrogens (tertiary/aromatic N) is 3. The zero-order chi connectivity index (χ0) is 10.7. The molecular formula is C10H9N3O2. The van der Waals surface area contributed by atoms with Crippen LogP contribution in [0.15, 0.2) is 46.2 Å². The highest BCUT2D eigenvalue weighted by molar-refractivity contribution is 5.61. The van der Waals surface area contributed by atoms with Crippen molar-refractivity contribution in [1.82, 2.24) is 5.16 Å². The van der Waals surface area contributed by atoms with Crippen molar-refractivity contribution < 1.29 is 4.52 Å². The molecule has 0 spiro atoms. The quantitative estimate of drug-likeness (QED) is 0.568. The van der Waals surface area contributed by atoms with Crippen LogP contribution in [-0.4, -0.2) is 12.2 Å². The van der Waals surface area contributed by atoms with Gasteiger partial charge in [0.05, 0.1) is 5.29 Å². The second-order valence-electron chi connectivity index (χ2n) is 3.02. The molecule has 0 N–H and O–H groups in total. The van der Waals surface area contributed by atoms with Crippen LogP contribution in [0.1, 0.15) is 0 Å². The van der Waals surface area contributed by atoms with E-state index in [1.807, 2.05) is 30.3 Å². The van der Waals surface area contributed by atoms with Crippen molar-refractivity contribution in [3.63, 3.8) is 0 Å². The van der Waals surface area contributed by atoms with E-state index in [1.54, 1.807) is 6.07 Å². The van der Waals surface area contributed by atoms with E-state index in [0.717, 1.165) is 10.6 Å².